The zero-order valence-electron chi connectivity index (χ0n) is 13.5. The van der Waals surface area contributed by atoms with Crippen molar-refractivity contribution in [3.05, 3.63) is 28.8 Å². The van der Waals surface area contributed by atoms with Gasteiger partial charge in [0.1, 0.15) is 6.67 Å². The zero-order valence-corrected chi connectivity index (χ0v) is 14.3. The molecule has 1 rings (SSSR count). The normalized spacial score (nSPS) is 12.7. The van der Waals surface area contributed by atoms with Crippen molar-refractivity contribution in [3.8, 4) is 0 Å². The van der Waals surface area contributed by atoms with Gasteiger partial charge in [-0.15, -0.1) is 0 Å². The minimum atomic E-state index is -3.59. The molecule has 128 valence electrons. The average molecular weight is 343 g/mol. The minimum Gasteiger partial charge on any atom is -0.370 e. The van der Waals surface area contributed by atoms with Crippen LogP contribution in [0.25, 0.3) is 0 Å². The number of halogens is 1. The molecular weight excluding hydrogens is 321 g/mol. The molecule has 0 aromatic heterocycles. The van der Waals surface area contributed by atoms with Gasteiger partial charge in [0.05, 0.1) is 4.90 Å². The first-order chi connectivity index (χ1) is 10.6. The molecule has 1 aromatic rings. The molecular formula is C15H22FN3O3S. The summed E-state index contributed by atoms with van der Waals surface area (Å²) in [5, 5.41) is 0. The lowest BCUT2D eigenvalue weighted by atomic mass is 9.93. The number of amides is 1. The van der Waals surface area contributed by atoms with Crippen molar-refractivity contribution in [2.75, 3.05) is 6.26 Å². The lowest BCUT2D eigenvalue weighted by Gasteiger charge is -2.17. The maximum absolute atomic E-state index is 13.3. The topological polar surface area (TPSA) is 116 Å². The van der Waals surface area contributed by atoms with E-state index in [0.29, 0.717) is 5.56 Å². The Kier molecular flexibility index (Phi) is 6.26. The molecule has 0 bridgehead atoms. The number of benzene rings is 1. The quantitative estimate of drug-likeness (QED) is 0.604. The van der Waals surface area contributed by atoms with Crippen molar-refractivity contribution in [2.24, 2.45) is 16.5 Å². The highest BCUT2D eigenvalue weighted by molar-refractivity contribution is 7.90. The first-order valence-corrected chi connectivity index (χ1v) is 9.07. The smallest absolute Gasteiger partial charge is 0.280 e. The van der Waals surface area contributed by atoms with E-state index in [1.165, 1.54) is 12.1 Å². The summed E-state index contributed by atoms with van der Waals surface area (Å²) in [5.41, 5.74) is 10.8. The number of sulfone groups is 1. The molecule has 0 saturated heterocycles. The van der Waals surface area contributed by atoms with Crippen LogP contribution in [0.3, 0.4) is 0 Å². The van der Waals surface area contributed by atoms with Gasteiger partial charge in [-0.1, -0.05) is 26.3 Å². The third kappa shape index (κ3) is 4.75. The van der Waals surface area contributed by atoms with E-state index in [1.54, 1.807) is 0 Å². The predicted molar refractivity (Wildman–Crippen MR) is 87.8 cm³/mol. The highest BCUT2D eigenvalue weighted by atomic mass is 32.2. The molecule has 1 atom stereocenters. The number of guanidine groups is 1. The summed E-state index contributed by atoms with van der Waals surface area (Å²) in [4.78, 5) is 15.4. The maximum Gasteiger partial charge on any atom is 0.280 e. The number of hydrogen-bond acceptors (Lipinski definition) is 3. The fraction of sp³-hybridized carbons (Fsp3) is 0.467. The van der Waals surface area contributed by atoms with Crippen LogP contribution >= 0.6 is 0 Å². The molecule has 0 aliphatic heterocycles. The second kappa shape index (κ2) is 7.54. The second-order valence-electron chi connectivity index (χ2n) is 5.48. The Labute approximate surface area is 135 Å². The van der Waals surface area contributed by atoms with E-state index in [-0.39, 0.29) is 21.9 Å². The molecule has 1 aromatic carbocycles. The van der Waals surface area contributed by atoms with Crippen molar-refractivity contribution in [1.82, 2.24) is 0 Å². The van der Waals surface area contributed by atoms with Crippen LogP contribution in [-0.4, -0.2) is 26.5 Å². The Hall–Kier alpha value is -1.96. The number of hydrogen-bond donors (Lipinski definition) is 2. The summed E-state index contributed by atoms with van der Waals surface area (Å²) >= 11 is 0. The standard InChI is InChI=1S/C15H22FN3O3S/c1-4-5-9(2)11-6-10(8-16)12(14(20)19-15(17)18)7-13(11)23(3,21)22/h6-7,9H,4-5,8H2,1-3H3,(H4,17,18,19,20). The molecule has 0 fully saturated rings. The largest absolute Gasteiger partial charge is 0.370 e. The van der Waals surface area contributed by atoms with Crippen molar-refractivity contribution < 1.29 is 17.6 Å². The van der Waals surface area contributed by atoms with E-state index in [1.807, 2.05) is 13.8 Å². The Morgan fingerprint density at radius 1 is 1.35 bits per heavy atom. The highest BCUT2D eigenvalue weighted by Crippen LogP contribution is 2.31. The number of nitrogens with two attached hydrogens (primary N) is 2. The monoisotopic (exact) mass is 343 g/mol. The Balaban J connectivity index is 3.64. The molecule has 6 nitrogen and oxygen atoms in total. The molecule has 1 unspecified atom stereocenters. The molecule has 1 amide bonds. The summed E-state index contributed by atoms with van der Waals surface area (Å²) < 4.78 is 37.5. The third-order valence-corrected chi connectivity index (χ3v) is 4.65. The molecule has 0 radical (unpaired) electrons. The highest BCUT2D eigenvalue weighted by Gasteiger charge is 2.23. The lowest BCUT2D eigenvalue weighted by molar-refractivity contribution is 0.100. The molecule has 0 aliphatic rings. The Bertz CT molecular complexity index is 726. The van der Waals surface area contributed by atoms with Gasteiger partial charge in [0, 0.05) is 11.8 Å². The van der Waals surface area contributed by atoms with Crippen molar-refractivity contribution >= 4 is 21.7 Å². The zero-order chi connectivity index (χ0) is 17.8. The van der Waals surface area contributed by atoms with Gasteiger partial charge >= 0.3 is 0 Å². The van der Waals surface area contributed by atoms with Gasteiger partial charge in [-0.2, -0.15) is 4.99 Å². The van der Waals surface area contributed by atoms with Gasteiger partial charge in [-0.25, -0.2) is 12.8 Å². The van der Waals surface area contributed by atoms with Crippen LogP contribution in [0.15, 0.2) is 22.0 Å². The fourth-order valence-corrected chi connectivity index (χ4v) is 3.45. The van der Waals surface area contributed by atoms with E-state index in [9.17, 15) is 17.6 Å². The average Bonchev–Trinajstić information content (AvgIpc) is 2.44. The molecule has 8 heteroatoms. The number of carbonyl (C=O) groups excluding carboxylic acids is 1. The maximum atomic E-state index is 13.3. The van der Waals surface area contributed by atoms with E-state index in [0.717, 1.165) is 19.1 Å². The summed E-state index contributed by atoms with van der Waals surface area (Å²) in [6.07, 6.45) is 2.65. The van der Waals surface area contributed by atoms with Crippen LogP contribution in [0.4, 0.5) is 4.39 Å². The number of aliphatic imine (C=N–C) groups is 1. The van der Waals surface area contributed by atoms with Crippen molar-refractivity contribution in [2.45, 2.75) is 44.2 Å². The summed E-state index contributed by atoms with van der Waals surface area (Å²) in [5.74, 6) is -1.41. The second-order valence-corrected chi connectivity index (χ2v) is 7.47. The SMILES string of the molecule is CCCC(C)c1cc(CF)c(C(=O)N=C(N)N)cc1S(C)(=O)=O. The number of alkyl halides is 1. The van der Waals surface area contributed by atoms with Gasteiger partial charge in [-0.05, 0) is 29.5 Å². The van der Waals surface area contributed by atoms with E-state index >= 15 is 0 Å². The molecule has 4 N–H and O–H groups in total. The van der Waals surface area contributed by atoms with Gasteiger partial charge in [0.25, 0.3) is 5.91 Å². The van der Waals surface area contributed by atoms with Crippen molar-refractivity contribution in [3.63, 3.8) is 0 Å². The summed E-state index contributed by atoms with van der Waals surface area (Å²) in [6, 6.07) is 2.59. The van der Waals surface area contributed by atoms with E-state index in [2.05, 4.69) is 4.99 Å². The lowest BCUT2D eigenvalue weighted by Crippen LogP contribution is -2.24. The van der Waals surface area contributed by atoms with Gasteiger partial charge in [-0.3, -0.25) is 4.79 Å². The fourth-order valence-electron chi connectivity index (χ4n) is 2.43. The molecule has 0 saturated carbocycles. The first kappa shape index (κ1) is 19.1. The number of carbonyl (C=O) groups is 1. The van der Waals surface area contributed by atoms with Crippen LogP contribution in [-0.2, 0) is 16.5 Å². The third-order valence-electron chi connectivity index (χ3n) is 3.49. The summed E-state index contributed by atoms with van der Waals surface area (Å²) in [7, 11) is -3.59. The van der Waals surface area contributed by atoms with Gasteiger partial charge < -0.3 is 11.5 Å². The predicted octanol–water partition coefficient (Wildman–Crippen LogP) is 1.88. The van der Waals surface area contributed by atoms with Crippen molar-refractivity contribution in [1.29, 1.82) is 0 Å². The van der Waals surface area contributed by atoms with E-state index < -0.39 is 28.4 Å². The molecule has 0 aliphatic carbocycles. The molecule has 0 heterocycles. The molecule has 0 spiro atoms. The van der Waals surface area contributed by atoms with Crippen LogP contribution in [0, 0.1) is 0 Å². The van der Waals surface area contributed by atoms with Crippen LogP contribution in [0.5, 0.6) is 0 Å². The van der Waals surface area contributed by atoms with Gasteiger partial charge in [0.2, 0.25) is 0 Å². The number of rotatable bonds is 6. The van der Waals surface area contributed by atoms with Gasteiger partial charge in [0.15, 0.2) is 15.8 Å². The minimum absolute atomic E-state index is 0.00444. The number of nitrogens with zero attached hydrogens (tertiary/aromatic N) is 1. The van der Waals surface area contributed by atoms with Crippen LogP contribution < -0.4 is 11.5 Å². The Morgan fingerprint density at radius 3 is 2.39 bits per heavy atom. The first-order valence-electron chi connectivity index (χ1n) is 7.18. The van der Waals surface area contributed by atoms with Crippen LogP contribution in [0.1, 0.15) is 54.1 Å². The molecule has 23 heavy (non-hydrogen) atoms. The van der Waals surface area contributed by atoms with Crippen LogP contribution in [0.2, 0.25) is 0 Å². The summed E-state index contributed by atoms with van der Waals surface area (Å²) in [6.45, 7) is 2.92. The van der Waals surface area contributed by atoms with E-state index in [4.69, 9.17) is 11.5 Å². The Morgan fingerprint density at radius 2 is 1.96 bits per heavy atom.